The normalized spacial score (nSPS) is 10.1. The molecule has 0 fully saturated rings. The lowest BCUT2D eigenvalue weighted by molar-refractivity contribution is -0.384. The standard InChI is InChI=1S/C20H12N6O3S/c21-9-15-18(13-1-3-14(4-2-13)26(28)29)16(10-22)20(25-19(15)23)30-11-17(27)12-5-7-24-8-6-12/h1-8H,11H2,(H2,23,25). The van der Waals surface area contributed by atoms with Crippen molar-refractivity contribution >= 4 is 29.1 Å². The Kier molecular flexibility index (Phi) is 6.01. The number of nitro benzene ring substituents is 1. The first-order valence-electron chi connectivity index (χ1n) is 8.40. The molecule has 0 saturated carbocycles. The Morgan fingerprint density at radius 3 is 2.30 bits per heavy atom. The summed E-state index contributed by atoms with van der Waals surface area (Å²) < 4.78 is 0. The first-order valence-corrected chi connectivity index (χ1v) is 9.39. The topological polar surface area (TPSA) is 160 Å². The van der Waals surface area contributed by atoms with E-state index in [-0.39, 0.29) is 44.8 Å². The molecule has 3 aromatic rings. The predicted octanol–water partition coefficient (Wildman–Crippen LogP) is 3.35. The largest absolute Gasteiger partial charge is 0.383 e. The summed E-state index contributed by atoms with van der Waals surface area (Å²) in [4.78, 5) is 30.7. The van der Waals surface area contributed by atoms with Crippen LogP contribution in [-0.4, -0.2) is 26.4 Å². The summed E-state index contributed by atoms with van der Waals surface area (Å²) in [7, 11) is 0. The van der Waals surface area contributed by atoms with Gasteiger partial charge in [-0.3, -0.25) is 19.9 Å². The second-order valence-electron chi connectivity index (χ2n) is 5.90. The number of nitriles is 2. The van der Waals surface area contributed by atoms with Gasteiger partial charge >= 0.3 is 0 Å². The van der Waals surface area contributed by atoms with Crippen LogP contribution >= 0.6 is 11.8 Å². The molecular formula is C20H12N6O3S. The first kappa shape index (κ1) is 20.5. The maximum absolute atomic E-state index is 12.4. The summed E-state index contributed by atoms with van der Waals surface area (Å²) in [5, 5.41) is 30.4. The van der Waals surface area contributed by atoms with E-state index in [1.54, 1.807) is 12.1 Å². The third-order valence-corrected chi connectivity index (χ3v) is 5.10. The molecule has 0 aliphatic rings. The SMILES string of the molecule is N#Cc1c(N)nc(SCC(=O)c2ccncc2)c(C#N)c1-c1ccc([N+](=O)[O-])cc1. The van der Waals surface area contributed by atoms with Gasteiger partial charge in [-0.15, -0.1) is 0 Å². The number of nitrogens with two attached hydrogens (primary N) is 1. The number of hydrogen-bond acceptors (Lipinski definition) is 9. The number of Topliss-reactive ketones (excluding diaryl/α,β-unsaturated/α-hetero) is 1. The van der Waals surface area contributed by atoms with Crippen LogP contribution in [0.15, 0.2) is 53.8 Å². The Hall–Kier alpha value is -4.28. The van der Waals surface area contributed by atoms with Crippen LogP contribution < -0.4 is 5.73 Å². The van der Waals surface area contributed by atoms with Crippen molar-refractivity contribution < 1.29 is 9.72 Å². The van der Waals surface area contributed by atoms with Crippen molar-refractivity contribution in [2.75, 3.05) is 11.5 Å². The molecule has 30 heavy (non-hydrogen) atoms. The van der Waals surface area contributed by atoms with E-state index in [1.165, 1.54) is 36.7 Å². The van der Waals surface area contributed by atoms with Crippen LogP contribution in [0, 0.1) is 32.8 Å². The molecular weight excluding hydrogens is 404 g/mol. The summed E-state index contributed by atoms with van der Waals surface area (Å²) in [5.41, 5.74) is 6.96. The lowest BCUT2D eigenvalue weighted by Gasteiger charge is -2.12. The maximum atomic E-state index is 12.4. The number of carbonyl (C=O) groups is 1. The van der Waals surface area contributed by atoms with Crippen LogP contribution in [-0.2, 0) is 0 Å². The third kappa shape index (κ3) is 4.09. The molecule has 2 heterocycles. The first-order chi connectivity index (χ1) is 14.5. The number of aromatic nitrogens is 2. The van der Waals surface area contributed by atoms with Gasteiger partial charge in [-0.1, -0.05) is 11.8 Å². The number of thioether (sulfide) groups is 1. The summed E-state index contributed by atoms with van der Waals surface area (Å²) in [6, 6.07) is 12.5. The minimum absolute atomic E-state index is 0.00324. The smallest absolute Gasteiger partial charge is 0.269 e. The van der Waals surface area contributed by atoms with Crippen LogP contribution in [0.1, 0.15) is 21.5 Å². The lowest BCUT2D eigenvalue weighted by Crippen LogP contribution is -2.06. The molecule has 0 unspecified atom stereocenters. The molecule has 9 nitrogen and oxygen atoms in total. The van der Waals surface area contributed by atoms with E-state index in [4.69, 9.17) is 5.73 Å². The van der Waals surface area contributed by atoms with E-state index < -0.39 is 4.92 Å². The van der Waals surface area contributed by atoms with E-state index >= 15 is 0 Å². The van der Waals surface area contributed by atoms with Gasteiger partial charge in [-0.25, -0.2) is 4.98 Å². The Balaban J connectivity index is 2.03. The summed E-state index contributed by atoms with van der Waals surface area (Å²) in [5.74, 6) is -0.284. The zero-order valence-corrected chi connectivity index (χ0v) is 16.1. The molecule has 0 spiro atoms. The molecule has 0 radical (unpaired) electrons. The average molecular weight is 416 g/mol. The molecule has 1 aromatic carbocycles. The van der Waals surface area contributed by atoms with Gasteiger partial charge in [0.15, 0.2) is 5.78 Å². The number of rotatable bonds is 6. The molecule has 10 heteroatoms. The van der Waals surface area contributed by atoms with Gasteiger partial charge < -0.3 is 5.73 Å². The number of benzene rings is 1. The van der Waals surface area contributed by atoms with Crippen LogP contribution in [0.5, 0.6) is 0 Å². The highest BCUT2D eigenvalue weighted by atomic mass is 32.2. The van der Waals surface area contributed by atoms with Gasteiger partial charge in [0.1, 0.15) is 28.5 Å². The van der Waals surface area contributed by atoms with Gasteiger partial charge in [0.05, 0.1) is 16.2 Å². The van der Waals surface area contributed by atoms with Crippen molar-refractivity contribution in [2.24, 2.45) is 0 Å². The second kappa shape index (κ2) is 8.82. The zero-order chi connectivity index (χ0) is 21.7. The fraction of sp³-hybridized carbons (Fsp3) is 0.0500. The molecule has 0 aliphatic heterocycles. The van der Waals surface area contributed by atoms with Crippen LogP contribution in [0.3, 0.4) is 0 Å². The molecule has 0 aliphatic carbocycles. The van der Waals surface area contributed by atoms with Crippen molar-refractivity contribution in [3.05, 3.63) is 75.6 Å². The molecule has 146 valence electrons. The van der Waals surface area contributed by atoms with Crippen LogP contribution in [0.2, 0.25) is 0 Å². The van der Waals surface area contributed by atoms with Gasteiger partial charge in [0, 0.05) is 35.7 Å². The summed E-state index contributed by atoms with van der Waals surface area (Å²) in [6.45, 7) is 0. The Bertz CT molecular complexity index is 1210. The fourth-order valence-electron chi connectivity index (χ4n) is 2.70. The number of nitrogen functional groups attached to an aromatic ring is 1. The number of nitrogens with zero attached hydrogens (tertiary/aromatic N) is 5. The van der Waals surface area contributed by atoms with Gasteiger partial charge in [0.25, 0.3) is 5.69 Å². The number of carbonyl (C=O) groups excluding carboxylic acids is 1. The molecule has 0 atom stereocenters. The lowest BCUT2D eigenvalue weighted by atomic mass is 9.97. The highest BCUT2D eigenvalue weighted by Crippen LogP contribution is 2.36. The minimum atomic E-state index is -0.549. The highest BCUT2D eigenvalue weighted by molar-refractivity contribution is 8.00. The van der Waals surface area contributed by atoms with Crippen molar-refractivity contribution in [1.29, 1.82) is 10.5 Å². The minimum Gasteiger partial charge on any atom is -0.383 e. The van der Waals surface area contributed by atoms with Gasteiger partial charge in [-0.2, -0.15) is 10.5 Å². The van der Waals surface area contributed by atoms with Crippen molar-refractivity contribution in [3.8, 4) is 23.3 Å². The number of hydrogen-bond donors (Lipinski definition) is 1. The number of anilines is 1. The van der Waals surface area contributed by atoms with Crippen LogP contribution in [0.25, 0.3) is 11.1 Å². The zero-order valence-electron chi connectivity index (χ0n) is 15.3. The maximum Gasteiger partial charge on any atom is 0.269 e. The van der Waals surface area contributed by atoms with E-state index in [9.17, 15) is 25.4 Å². The van der Waals surface area contributed by atoms with Crippen molar-refractivity contribution in [1.82, 2.24) is 9.97 Å². The number of nitro groups is 1. The molecule has 0 amide bonds. The highest BCUT2D eigenvalue weighted by Gasteiger charge is 2.22. The molecule has 3 rings (SSSR count). The molecule has 0 bridgehead atoms. The average Bonchev–Trinajstić information content (AvgIpc) is 2.77. The second-order valence-corrected chi connectivity index (χ2v) is 6.87. The monoisotopic (exact) mass is 416 g/mol. The van der Waals surface area contributed by atoms with Crippen molar-refractivity contribution in [2.45, 2.75) is 5.03 Å². The Labute approximate surface area is 175 Å². The van der Waals surface area contributed by atoms with Gasteiger partial charge in [0.2, 0.25) is 0 Å². The molecule has 2 aromatic heterocycles. The van der Waals surface area contributed by atoms with Gasteiger partial charge in [-0.05, 0) is 29.8 Å². The van der Waals surface area contributed by atoms with E-state index in [0.717, 1.165) is 11.8 Å². The Morgan fingerprint density at radius 2 is 1.73 bits per heavy atom. The third-order valence-electron chi connectivity index (χ3n) is 4.12. The predicted molar refractivity (Wildman–Crippen MR) is 109 cm³/mol. The summed E-state index contributed by atoms with van der Waals surface area (Å²) in [6.07, 6.45) is 3.01. The fourth-order valence-corrected chi connectivity index (χ4v) is 3.59. The number of pyridine rings is 2. The van der Waals surface area contributed by atoms with E-state index in [0.29, 0.717) is 11.1 Å². The summed E-state index contributed by atoms with van der Waals surface area (Å²) >= 11 is 1.02. The van der Waals surface area contributed by atoms with Crippen LogP contribution in [0.4, 0.5) is 11.5 Å². The Morgan fingerprint density at radius 1 is 1.10 bits per heavy atom. The molecule has 0 saturated heterocycles. The number of non-ortho nitro benzene ring substituents is 1. The van der Waals surface area contributed by atoms with E-state index in [1.807, 2.05) is 12.1 Å². The quantitative estimate of drug-likeness (QED) is 0.275. The van der Waals surface area contributed by atoms with Crippen molar-refractivity contribution in [3.63, 3.8) is 0 Å². The van der Waals surface area contributed by atoms with E-state index in [2.05, 4.69) is 9.97 Å². The number of ketones is 1. The molecule has 2 N–H and O–H groups in total.